The molecule has 2 aromatic rings. The van der Waals surface area contributed by atoms with Gasteiger partial charge in [-0.1, -0.05) is 18.2 Å². The van der Waals surface area contributed by atoms with E-state index < -0.39 is 0 Å². The van der Waals surface area contributed by atoms with Crippen LogP contribution < -0.4 is 10.6 Å². The van der Waals surface area contributed by atoms with E-state index in [9.17, 15) is 9.59 Å². The first-order valence-corrected chi connectivity index (χ1v) is 8.98. The van der Waals surface area contributed by atoms with Gasteiger partial charge in [-0.2, -0.15) is 0 Å². The second kappa shape index (κ2) is 8.27. The summed E-state index contributed by atoms with van der Waals surface area (Å²) in [6.45, 7) is 1.27. The zero-order valence-corrected chi connectivity index (χ0v) is 15.2. The van der Waals surface area contributed by atoms with Crippen LogP contribution in [0, 0.1) is 0 Å². The summed E-state index contributed by atoms with van der Waals surface area (Å²) >= 11 is 3.36. The molecule has 0 aliphatic carbocycles. The van der Waals surface area contributed by atoms with Crippen LogP contribution >= 0.6 is 15.9 Å². The van der Waals surface area contributed by atoms with Crippen molar-refractivity contribution in [3.05, 3.63) is 64.1 Å². The van der Waals surface area contributed by atoms with E-state index in [1.807, 2.05) is 12.1 Å². The van der Waals surface area contributed by atoms with Gasteiger partial charge in [0.1, 0.15) is 0 Å². The SMILES string of the molecule is O=C(NC[C@@H]1CCCO1)c1cccc(NC(=O)c2ccccc2Br)c1. The van der Waals surface area contributed by atoms with Crippen LogP contribution in [-0.4, -0.2) is 31.1 Å². The highest BCUT2D eigenvalue weighted by molar-refractivity contribution is 9.10. The van der Waals surface area contributed by atoms with Crippen LogP contribution in [0.1, 0.15) is 33.6 Å². The number of rotatable bonds is 5. The lowest BCUT2D eigenvalue weighted by molar-refractivity contribution is 0.0857. The van der Waals surface area contributed by atoms with Gasteiger partial charge in [-0.15, -0.1) is 0 Å². The van der Waals surface area contributed by atoms with Gasteiger partial charge in [-0.25, -0.2) is 0 Å². The normalized spacial score (nSPS) is 16.4. The number of nitrogens with one attached hydrogen (secondary N) is 2. The molecule has 0 unspecified atom stereocenters. The summed E-state index contributed by atoms with van der Waals surface area (Å²) in [4.78, 5) is 24.6. The summed E-state index contributed by atoms with van der Waals surface area (Å²) in [5.74, 6) is -0.406. The number of carbonyl (C=O) groups is 2. The van der Waals surface area contributed by atoms with Gasteiger partial charge in [0.2, 0.25) is 0 Å². The number of ether oxygens (including phenoxy) is 1. The van der Waals surface area contributed by atoms with Crippen molar-refractivity contribution < 1.29 is 14.3 Å². The zero-order valence-electron chi connectivity index (χ0n) is 13.6. The fraction of sp³-hybridized carbons (Fsp3) is 0.263. The molecule has 1 fully saturated rings. The number of hydrogen-bond donors (Lipinski definition) is 2. The number of anilines is 1. The minimum absolute atomic E-state index is 0.0993. The summed E-state index contributed by atoms with van der Waals surface area (Å²) in [6, 6.07) is 14.1. The Hall–Kier alpha value is -2.18. The maximum atomic E-state index is 12.4. The molecule has 2 aromatic carbocycles. The summed E-state index contributed by atoms with van der Waals surface area (Å²) in [7, 11) is 0. The van der Waals surface area contributed by atoms with Gasteiger partial charge in [-0.3, -0.25) is 9.59 Å². The summed E-state index contributed by atoms with van der Waals surface area (Å²) in [5, 5.41) is 5.70. The standard InChI is InChI=1S/C19H19BrN2O3/c20-17-9-2-1-8-16(17)19(24)22-14-6-3-5-13(11-14)18(23)21-12-15-7-4-10-25-15/h1-3,5-6,8-9,11,15H,4,7,10,12H2,(H,21,23)(H,22,24)/t15-/m0/s1. The Kier molecular flexibility index (Phi) is 5.83. The van der Waals surface area contributed by atoms with Crippen molar-refractivity contribution in [2.24, 2.45) is 0 Å². The first-order chi connectivity index (χ1) is 12.1. The molecule has 1 aliphatic heterocycles. The lowest BCUT2D eigenvalue weighted by Crippen LogP contribution is -2.31. The summed E-state index contributed by atoms with van der Waals surface area (Å²) in [6.07, 6.45) is 2.11. The average Bonchev–Trinajstić information content (AvgIpc) is 3.14. The van der Waals surface area contributed by atoms with Gasteiger partial charge in [-0.05, 0) is 59.1 Å². The fourth-order valence-corrected chi connectivity index (χ4v) is 3.16. The maximum absolute atomic E-state index is 12.4. The Morgan fingerprint density at radius 2 is 1.96 bits per heavy atom. The molecule has 25 heavy (non-hydrogen) atoms. The van der Waals surface area contributed by atoms with Gasteiger partial charge in [0.25, 0.3) is 11.8 Å². The minimum atomic E-state index is -0.232. The smallest absolute Gasteiger partial charge is 0.256 e. The van der Waals surface area contributed by atoms with Gasteiger partial charge in [0.15, 0.2) is 0 Å². The summed E-state index contributed by atoms with van der Waals surface area (Å²) in [5.41, 5.74) is 1.61. The van der Waals surface area contributed by atoms with Crippen LogP contribution in [-0.2, 0) is 4.74 Å². The van der Waals surface area contributed by atoms with Crippen LogP contribution in [0.4, 0.5) is 5.69 Å². The molecule has 5 nitrogen and oxygen atoms in total. The van der Waals surface area contributed by atoms with E-state index in [0.717, 1.165) is 23.9 Å². The lowest BCUT2D eigenvalue weighted by Gasteiger charge is -2.12. The summed E-state index contributed by atoms with van der Waals surface area (Å²) < 4.78 is 6.22. The topological polar surface area (TPSA) is 67.4 Å². The Bertz CT molecular complexity index is 773. The quantitative estimate of drug-likeness (QED) is 0.802. The molecule has 0 spiro atoms. The highest BCUT2D eigenvalue weighted by Gasteiger charge is 2.17. The molecule has 2 N–H and O–H groups in total. The van der Waals surface area contributed by atoms with Gasteiger partial charge in [0, 0.05) is 28.9 Å². The van der Waals surface area contributed by atoms with E-state index in [1.54, 1.807) is 36.4 Å². The third-order valence-corrected chi connectivity index (χ3v) is 4.71. The van der Waals surface area contributed by atoms with Gasteiger partial charge < -0.3 is 15.4 Å². The predicted octanol–water partition coefficient (Wildman–Crippen LogP) is 3.61. The van der Waals surface area contributed by atoms with Gasteiger partial charge in [0.05, 0.1) is 11.7 Å². The highest BCUT2D eigenvalue weighted by atomic mass is 79.9. The van der Waals surface area contributed by atoms with Crippen molar-refractivity contribution in [3.63, 3.8) is 0 Å². The van der Waals surface area contributed by atoms with Crippen molar-refractivity contribution in [2.75, 3.05) is 18.5 Å². The number of amides is 2. The molecule has 1 saturated heterocycles. The molecule has 0 aromatic heterocycles. The molecule has 130 valence electrons. The van der Waals surface area contributed by atoms with E-state index >= 15 is 0 Å². The van der Waals surface area contributed by atoms with Crippen molar-refractivity contribution in [3.8, 4) is 0 Å². The van der Waals surface area contributed by atoms with Crippen molar-refractivity contribution in [2.45, 2.75) is 18.9 Å². The van der Waals surface area contributed by atoms with Crippen LogP contribution in [0.3, 0.4) is 0 Å². The second-order valence-corrected chi connectivity index (χ2v) is 6.71. The van der Waals surface area contributed by atoms with Crippen molar-refractivity contribution >= 4 is 33.4 Å². The van der Waals surface area contributed by atoms with Crippen LogP contribution in [0.2, 0.25) is 0 Å². The average molecular weight is 403 g/mol. The molecule has 6 heteroatoms. The van der Waals surface area contributed by atoms with Crippen molar-refractivity contribution in [1.82, 2.24) is 5.32 Å². The number of halogens is 1. The Balaban J connectivity index is 1.63. The van der Waals surface area contributed by atoms with E-state index in [2.05, 4.69) is 26.6 Å². The molecule has 0 bridgehead atoms. The van der Waals surface area contributed by atoms with Gasteiger partial charge >= 0.3 is 0 Å². The molecule has 0 radical (unpaired) electrons. The van der Waals surface area contributed by atoms with Crippen LogP contribution in [0.15, 0.2) is 53.0 Å². The minimum Gasteiger partial charge on any atom is -0.376 e. The third kappa shape index (κ3) is 4.67. The van der Waals surface area contributed by atoms with E-state index in [1.165, 1.54) is 0 Å². The van der Waals surface area contributed by atoms with Crippen LogP contribution in [0.25, 0.3) is 0 Å². The monoisotopic (exact) mass is 402 g/mol. The lowest BCUT2D eigenvalue weighted by atomic mass is 10.1. The Morgan fingerprint density at radius 1 is 1.12 bits per heavy atom. The first kappa shape index (κ1) is 17.6. The number of carbonyl (C=O) groups excluding carboxylic acids is 2. The van der Waals surface area contributed by atoms with Crippen LogP contribution in [0.5, 0.6) is 0 Å². The van der Waals surface area contributed by atoms with E-state index in [0.29, 0.717) is 23.4 Å². The predicted molar refractivity (Wildman–Crippen MR) is 99.8 cm³/mol. The van der Waals surface area contributed by atoms with E-state index in [4.69, 9.17) is 4.74 Å². The molecule has 1 atom stereocenters. The Morgan fingerprint density at radius 3 is 2.72 bits per heavy atom. The maximum Gasteiger partial charge on any atom is 0.256 e. The number of benzene rings is 2. The molecule has 0 saturated carbocycles. The number of hydrogen-bond acceptors (Lipinski definition) is 3. The molecular weight excluding hydrogens is 384 g/mol. The largest absolute Gasteiger partial charge is 0.376 e. The Labute approximate surface area is 154 Å². The molecule has 1 aliphatic rings. The van der Waals surface area contributed by atoms with Crippen molar-refractivity contribution in [1.29, 1.82) is 0 Å². The fourth-order valence-electron chi connectivity index (χ4n) is 2.70. The first-order valence-electron chi connectivity index (χ1n) is 8.19. The molecular formula is C19H19BrN2O3. The zero-order chi connectivity index (χ0) is 17.6. The molecule has 2 amide bonds. The van der Waals surface area contributed by atoms with E-state index in [-0.39, 0.29) is 17.9 Å². The highest BCUT2D eigenvalue weighted by Crippen LogP contribution is 2.18. The molecule has 3 rings (SSSR count). The third-order valence-electron chi connectivity index (χ3n) is 4.02. The molecule has 1 heterocycles. The second-order valence-electron chi connectivity index (χ2n) is 5.86.